The molecule has 1 fully saturated rings. The second kappa shape index (κ2) is 9.00. The van der Waals surface area contributed by atoms with E-state index < -0.39 is 0 Å². The lowest BCUT2D eigenvalue weighted by Gasteiger charge is -2.26. The first-order valence-corrected chi connectivity index (χ1v) is 7.43. The van der Waals surface area contributed by atoms with E-state index in [0.717, 1.165) is 39.1 Å². The van der Waals surface area contributed by atoms with Gasteiger partial charge in [-0.3, -0.25) is 9.69 Å². The average Bonchev–Trinajstić information content (AvgIpc) is 2.52. The van der Waals surface area contributed by atoms with Gasteiger partial charge in [-0.2, -0.15) is 0 Å². The maximum atomic E-state index is 10.9. The molecule has 1 aliphatic heterocycles. The highest BCUT2D eigenvalue weighted by Crippen LogP contribution is 2.21. The third-order valence-electron chi connectivity index (χ3n) is 3.24. The molecule has 0 bridgehead atoms. The van der Waals surface area contributed by atoms with Crippen molar-refractivity contribution in [3.05, 3.63) is 28.8 Å². The molecule has 0 saturated carbocycles. The summed E-state index contributed by atoms with van der Waals surface area (Å²) in [6.45, 7) is 6.01. The predicted molar refractivity (Wildman–Crippen MR) is 80.4 cm³/mol. The highest BCUT2D eigenvalue weighted by Gasteiger charge is 2.09. The quantitative estimate of drug-likeness (QED) is 0.542. The topological polar surface area (TPSA) is 48.0 Å². The molecule has 116 valence electrons. The summed E-state index contributed by atoms with van der Waals surface area (Å²) in [4.78, 5) is 13.2. The van der Waals surface area contributed by atoms with Gasteiger partial charge in [0.05, 0.1) is 32.0 Å². The summed E-state index contributed by atoms with van der Waals surface area (Å²) in [5.41, 5.74) is 0.454. The normalized spacial score (nSPS) is 15.9. The molecule has 0 aromatic heterocycles. The Bertz CT molecular complexity index is 449. The van der Waals surface area contributed by atoms with Crippen molar-refractivity contribution in [2.75, 3.05) is 52.7 Å². The van der Waals surface area contributed by atoms with Gasteiger partial charge in [0, 0.05) is 24.7 Å². The fraction of sp³-hybridized carbons (Fsp3) is 0.533. The van der Waals surface area contributed by atoms with Crippen LogP contribution in [0.1, 0.15) is 10.4 Å². The zero-order valence-electron chi connectivity index (χ0n) is 11.9. The summed E-state index contributed by atoms with van der Waals surface area (Å²) in [7, 11) is 0. The zero-order valence-corrected chi connectivity index (χ0v) is 12.7. The van der Waals surface area contributed by atoms with Crippen LogP contribution >= 0.6 is 11.6 Å². The van der Waals surface area contributed by atoms with Crippen LogP contribution in [-0.4, -0.2) is 63.9 Å². The van der Waals surface area contributed by atoms with Crippen LogP contribution in [0.5, 0.6) is 5.75 Å². The maximum absolute atomic E-state index is 10.9. The summed E-state index contributed by atoms with van der Waals surface area (Å²) in [6, 6.07) is 4.98. The molecule has 1 aromatic carbocycles. The molecule has 1 aliphatic rings. The monoisotopic (exact) mass is 313 g/mol. The smallest absolute Gasteiger partial charge is 0.153 e. The van der Waals surface area contributed by atoms with Crippen LogP contribution in [0.2, 0.25) is 5.02 Å². The van der Waals surface area contributed by atoms with E-state index in [4.69, 9.17) is 25.8 Å². The molecule has 0 N–H and O–H groups in total. The number of morpholine rings is 1. The summed E-state index contributed by atoms with van der Waals surface area (Å²) >= 11 is 5.82. The molecule has 5 nitrogen and oxygen atoms in total. The molecule has 21 heavy (non-hydrogen) atoms. The van der Waals surface area contributed by atoms with Crippen LogP contribution in [0.15, 0.2) is 18.2 Å². The summed E-state index contributed by atoms with van der Waals surface area (Å²) in [6.07, 6.45) is 0.737. The van der Waals surface area contributed by atoms with Crippen molar-refractivity contribution in [3.63, 3.8) is 0 Å². The third kappa shape index (κ3) is 5.63. The van der Waals surface area contributed by atoms with E-state index in [1.54, 1.807) is 18.2 Å². The number of carbonyl (C=O) groups is 1. The van der Waals surface area contributed by atoms with Gasteiger partial charge >= 0.3 is 0 Å². The number of hydrogen-bond donors (Lipinski definition) is 0. The number of nitrogens with zero attached hydrogens (tertiary/aromatic N) is 1. The third-order valence-corrected chi connectivity index (χ3v) is 3.47. The van der Waals surface area contributed by atoms with Gasteiger partial charge in [0.25, 0.3) is 0 Å². The second-order valence-electron chi connectivity index (χ2n) is 4.71. The molecule has 0 atom stereocenters. The van der Waals surface area contributed by atoms with E-state index >= 15 is 0 Å². The van der Waals surface area contributed by atoms with Crippen LogP contribution in [0, 0.1) is 0 Å². The Balaban J connectivity index is 1.60. The number of benzene rings is 1. The van der Waals surface area contributed by atoms with E-state index in [1.165, 1.54) is 0 Å². The summed E-state index contributed by atoms with van der Waals surface area (Å²) in [5.74, 6) is 0.533. The van der Waals surface area contributed by atoms with Crippen LogP contribution in [0.3, 0.4) is 0 Å². The molecule has 0 spiro atoms. The minimum Gasteiger partial charge on any atom is -0.490 e. The Labute approximate surface area is 129 Å². The number of aldehydes is 1. The van der Waals surface area contributed by atoms with Gasteiger partial charge in [-0.05, 0) is 18.2 Å². The Morgan fingerprint density at radius 2 is 2.05 bits per heavy atom. The number of hydrogen-bond acceptors (Lipinski definition) is 5. The van der Waals surface area contributed by atoms with Crippen LogP contribution in [-0.2, 0) is 9.47 Å². The van der Waals surface area contributed by atoms with Gasteiger partial charge in [-0.15, -0.1) is 0 Å². The lowest BCUT2D eigenvalue weighted by Crippen LogP contribution is -2.38. The van der Waals surface area contributed by atoms with Crippen molar-refractivity contribution in [3.8, 4) is 5.75 Å². The van der Waals surface area contributed by atoms with Gasteiger partial charge in [-0.1, -0.05) is 11.6 Å². The van der Waals surface area contributed by atoms with Crippen molar-refractivity contribution in [2.45, 2.75) is 0 Å². The molecule has 1 heterocycles. The molecule has 0 unspecified atom stereocenters. The predicted octanol–water partition coefficient (Wildman–Crippen LogP) is 1.88. The minimum absolute atomic E-state index is 0.408. The summed E-state index contributed by atoms with van der Waals surface area (Å²) in [5, 5.41) is 0.520. The zero-order chi connectivity index (χ0) is 14.9. The average molecular weight is 314 g/mol. The van der Waals surface area contributed by atoms with Crippen molar-refractivity contribution < 1.29 is 19.0 Å². The SMILES string of the molecule is O=Cc1cc(Cl)ccc1OCCOCCN1CCOCC1. The highest BCUT2D eigenvalue weighted by molar-refractivity contribution is 6.30. The maximum Gasteiger partial charge on any atom is 0.153 e. The molecule has 2 rings (SSSR count). The van der Waals surface area contributed by atoms with Gasteiger partial charge in [0.2, 0.25) is 0 Å². The first-order chi connectivity index (χ1) is 10.3. The van der Waals surface area contributed by atoms with Crippen molar-refractivity contribution in [2.24, 2.45) is 0 Å². The fourth-order valence-electron chi connectivity index (χ4n) is 2.07. The van der Waals surface area contributed by atoms with E-state index in [-0.39, 0.29) is 0 Å². The number of rotatable bonds is 8. The van der Waals surface area contributed by atoms with Crippen molar-refractivity contribution in [1.82, 2.24) is 4.90 Å². The van der Waals surface area contributed by atoms with Crippen LogP contribution in [0.25, 0.3) is 0 Å². The van der Waals surface area contributed by atoms with Crippen LogP contribution in [0.4, 0.5) is 0 Å². The minimum atomic E-state index is 0.408. The molecule has 0 amide bonds. The first-order valence-electron chi connectivity index (χ1n) is 7.05. The molecule has 1 saturated heterocycles. The van der Waals surface area contributed by atoms with Crippen molar-refractivity contribution >= 4 is 17.9 Å². The highest BCUT2D eigenvalue weighted by atomic mass is 35.5. The number of ether oxygens (including phenoxy) is 3. The van der Waals surface area contributed by atoms with Crippen LogP contribution < -0.4 is 4.74 Å². The standard InChI is InChI=1S/C15H20ClNO4/c16-14-1-2-15(13(11-14)12-18)21-10-9-20-8-5-17-3-6-19-7-4-17/h1-2,11-12H,3-10H2. The van der Waals surface area contributed by atoms with E-state index in [2.05, 4.69) is 4.90 Å². The van der Waals surface area contributed by atoms with E-state index in [0.29, 0.717) is 36.2 Å². The Morgan fingerprint density at radius 3 is 2.81 bits per heavy atom. The Hall–Kier alpha value is -1.14. The van der Waals surface area contributed by atoms with Gasteiger partial charge < -0.3 is 14.2 Å². The van der Waals surface area contributed by atoms with Crippen molar-refractivity contribution in [1.29, 1.82) is 0 Å². The van der Waals surface area contributed by atoms with Gasteiger partial charge in [-0.25, -0.2) is 0 Å². The number of halogens is 1. The molecule has 1 aromatic rings. The Kier molecular flexibility index (Phi) is 6.95. The van der Waals surface area contributed by atoms with E-state index in [1.807, 2.05) is 0 Å². The molecular formula is C15H20ClNO4. The molecular weight excluding hydrogens is 294 g/mol. The van der Waals surface area contributed by atoms with E-state index in [9.17, 15) is 4.79 Å². The molecule has 6 heteroatoms. The fourth-order valence-corrected chi connectivity index (χ4v) is 2.25. The lowest BCUT2D eigenvalue weighted by atomic mass is 10.2. The molecule has 0 radical (unpaired) electrons. The number of carbonyl (C=O) groups excluding carboxylic acids is 1. The summed E-state index contributed by atoms with van der Waals surface area (Å²) < 4.78 is 16.3. The second-order valence-corrected chi connectivity index (χ2v) is 5.15. The van der Waals surface area contributed by atoms with Gasteiger partial charge in [0.15, 0.2) is 6.29 Å². The van der Waals surface area contributed by atoms with Gasteiger partial charge in [0.1, 0.15) is 12.4 Å². The molecule has 0 aliphatic carbocycles. The Morgan fingerprint density at radius 1 is 1.24 bits per heavy atom. The largest absolute Gasteiger partial charge is 0.490 e. The lowest BCUT2D eigenvalue weighted by molar-refractivity contribution is 0.0170. The first kappa shape index (κ1) is 16.2.